The first-order valence-electron chi connectivity index (χ1n) is 6.92. The summed E-state index contributed by atoms with van der Waals surface area (Å²) in [7, 11) is 0. The fraction of sp³-hybridized carbons (Fsp3) is 0.467. The topological polar surface area (TPSA) is 95.9 Å². The Labute approximate surface area is 122 Å². The van der Waals surface area contributed by atoms with Crippen LogP contribution in [0.4, 0.5) is 4.79 Å². The summed E-state index contributed by atoms with van der Waals surface area (Å²) < 4.78 is 5.08. The molecule has 1 aromatic rings. The number of alkyl carbamates (subject to hydrolysis) is 1. The van der Waals surface area contributed by atoms with Crippen LogP contribution in [0.25, 0.3) is 0 Å². The third-order valence-corrected chi connectivity index (χ3v) is 3.57. The van der Waals surface area contributed by atoms with Crippen molar-refractivity contribution in [3.8, 4) is 0 Å². The zero-order chi connectivity index (χ0) is 15.2. The smallest absolute Gasteiger partial charge is 0.407 e. The highest BCUT2D eigenvalue weighted by atomic mass is 16.5. The molecule has 0 spiro atoms. The fourth-order valence-corrected chi connectivity index (χ4v) is 2.54. The highest BCUT2D eigenvalue weighted by molar-refractivity contribution is 5.71. The van der Waals surface area contributed by atoms with Crippen LogP contribution < -0.4 is 5.32 Å². The zero-order valence-corrected chi connectivity index (χ0v) is 11.6. The van der Waals surface area contributed by atoms with Crippen molar-refractivity contribution in [2.45, 2.75) is 38.0 Å². The molecule has 0 radical (unpaired) electrons. The number of aliphatic hydroxyl groups excluding tert-OH is 1. The van der Waals surface area contributed by atoms with E-state index in [4.69, 9.17) is 9.84 Å². The van der Waals surface area contributed by atoms with Crippen LogP contribution >= 0.6 is 0 Å². The number of hydrogen-bond donors (Lipinski definition) is 3. The number of benzene rings is 1. The molecule has 21 heavy (non-hydrogen) atoms. The number of amides is 1. The van der Waals surface area contributed by atoms with Gasteiger partial charge in [-0.15, -0.1) is 0 Å². The SMILES string of the molecule is O=C(NC1CC(O)CC(C(=O)O)C1)OCc1ccccc1. The Hall–Kier alpha value is -2.08. The molecule has 0 aliphatic heterocycles. The van der Waals surface area contributed by atoms with Gasteiger partial charge in [-0.2, -0.15) is 0 Å². The summed E-state index contributed by atoms with van der Waals surface area (Å²) in [5, 5.41) is 21.3. The van der Waals surface area contributed by atoms with E-state index in [0.717, 1.165) is 5.56 Å². The molecule has 3 unspecified atom stereocenters. The summed E-state index contributed by atoms with van der Waals surface area (Å²) in [6.07, 6.45) is -0.412. The molecule has 114 valence electrons. The van der Waals surface area contributed by atoms with Crippen LogP contribution in [0.5, 0.6) is 0 Å². The monoisotopic (exact) mass is 293 g/mol. The number of nitrogens with one attached hydrogen (secondary N) is 1. The van der Waals surface area contributed by atoms with Crippen molar-refractivity contribution >= 4 is 12.1 Å². The summed E-state index contributed by atoms with van der Waals surface area (Å²) in [4.78, 5) is 22.7. The number of aliphatic carboxylic acids is 1. The second-order valence-corrected chi connectivity index (χ2v) is 5.30. The van der Waals surface area contributed by atoms with E-state index in [1.54, 1.807) is 0 Å². The number of rotatable bonds is 4. The first-order chi connectivity index (χ1) is 10.0. The molecular weight excluding hydrogens is 274 g/mol. The lowest BCUT2D eigenvalue weighted by Crippen LogP contribution is -2.44. The zero-order valence-electron chi connectivity index (χ0n) is 11.6. The van der Waals surface area contributed by atoms with Gasteiger partial charge in [0.1, 0.15) is 6.61 Å². The van der Waals surface area contributed by atoms with Crippen LogP contribution in [-0.4, -0.2) is 34.4 Å². The lowest BCUT2D eigenvalue weighted by Gasteiger charge is -2.30. The van der Waals surface area contributed by atoms with Gasteiger partial charge < -0.3 is 20.3 Å². The van der Waals surface area contributed by atoms with Crippen molar-refractivity contribution in [2.24, 2.45) is 5.92 Å². The molecule has 0 saturated heterocycles. The number of ether oxygens (including phenoxy) is 1. The Kier molecular flexibility index (Phi) is 5.16. The average Bonchev–Trinajstić information content (AvgIpc) is 2.45. The van der Waals surface area contributed by atoms with Gasteiger partial charge in [-0.1, -0.05) is 30.3 Å². The molecule has 1 aromatic carbocycles. The molecule has 1 fully saturated rings. The highest BCUT2D eigenvalue weighted by Gasteiger charge is 2.32. The van der Waals surface area contributed by atoms with Gasteiger partial charge in [0.2, 0.25) is 0 Å². The van der Waals surface area contributed by atoms with E-state index < -0.39 is 24.1 Å². The molecule has 0 heterocycles. The van der Waals surface area contributed by atoms with E-state index in [1.807, 2.05) is 30.3 Å². The number of carbonyl (C=O) groups excluding carboxylic acids is 1. The van der Waals surface area contributed by atoms with Crippen LogP contribution in [-0.2, 0) is 16.1 Å². The molecule has 6 nitrogen and oxygen atoms in total. The van der Waals surface area contributed by atoms with Gasteiger partial charge in [-0.3, -0.25) is 4.79 Å². The molecule has 3 atom stereocenters. The lowest BCUT2D eigenvalue weighted by molar-refractivity contribution is -0.144. The van der Waals surface area contributed by atoms with Crippen LogP contribution in [0.15, 0.2) is 30.3 Å². The van der Waals surface area contributed by atoms with Gasteiger partial charge in [-0.25, -0.2) is 4.79 Å². The molecule has 6 heteroatoms. The van der Waals surface area contributed by atoms with E-state index in [1.165, 1.54) is 0 Å². The van der Waals surface area contributed by atoms with Gasteiger partial charge in [0.05, 0.1) is 12.0 Å². The van der Waals surface area contributed by atoms with Crippen molar-refractivity contribution in [3.05, 3.63) is 35.9 Å². The number of carboxylic acid groups (broad SMARTS) is 1. The first kappa shape index (κ1) is 15.3. The van der Waals surface area contributed by atoms with Crippen LogP contribution in [0.1, 0.15) is 24.8 Å². The third-order valence-electron chi connectivity index (χ3n) is 3.57. The second kappa shape index (κ2) is 7.08. The molecule has 3 N–H and O–H groups in total. The van der Waals surface area contributed by atoms with Crippen LogP contribution in [0.3, 0.4) is 0 Å². The number of carbonyl (C=O) groups is 2. The summed E-state index contributed by atoms with van der Waals surface area (Å²) >= 11 is 0. The summed E-state index contributed by atoms with van der Waals surface area (Å²) in [5.41, 5.74) is 0.875. The Morgan fingerprint density at radius 3 is 2.57 bits per heavy atom. The normalized spacial score (nSPS) is 25.1. The van der Waals surface area contributed by atoms with Crippen molar-refractivity contribution in [3.63, 3.8) is 0 Å². The number of carboxylic acids is 1. The van der Waals surface area contributed by atoms with Gasteiger partial charge in [-0.05, 0) is 24.8 Å². The third kappa shape index (κ3) is 4.75. The summed E-state index contributed by atoms with van der Waals surface area (Å²) in [5.74, 6) is -1.58. The minimum Gasteiger partial charge on any atom is -0.481 e. The predicted octanol–water partition coefficient (Wildman–Crippen LogP) is 1.53. The maximum atomic E-state index is 11.7. The minimum atomic E-state index is -0.946. The van der Waals surface area contributed by atoms with Crippen LogP contribution in [0, 0.1) is 5.92 Å². The van der Waals surface area contributed by atoms with E-state index >= 15 is 0 Å². The quantitative estimate of drug-likeness (QED) is 0.782. The van der Waals surface area contributed by atoms with Crippen molar-refractivity contribution < 1.29 is 24.5 Å². The lowest BCUT2D eigenvalue weighted by atomic mass is 9.84. The summed E-state index contributed by atoms with van der Waals surface area (Å²) in [6.45, 7) is 0.157. The molecule has 0 aromatic heterocycles. The van der Waals surface area contributed by atoms with Gasteiger partial charge >= 0.3 is 12.1 Å². The maximum absolute atomic E-state index is 11.7. The van der Waals surface area contributed by atoms with E-state index in [0.29, 0.717) is 12.8 Å². The summed E-state index contributed by atoms with van der Waals surface area (Å²) in [6, 6.07) is 8.89. The predicted molar refractivity (Wildman–Crippen MR) is 74.5 cm³/mol. The molecule has 1 saturated carbocycles. The Morgan fingerprint density at radius 1 is 1.19 bits per heavy atom. The van der Waals surface area contributed by atoms with Gasteiger partial charge in [0, 0.05) is 6.04 Å². The average molecular weight is 293 g/mol. The van der Waals surface area contributed by atoms with Crippen LogP contribution in [0.2, 0.25) is 0 Å². The molecule has 1 amide bonds. The van der Waals surface area contributed by atoms with Gasteiger partial charge in [0.25, 0.3) is 0 Å². The molecule has 2 rings (SSSR count). The maximum Gasteiger partial charge on any atom is 0.407 e. The second-order valence-electron chi connectivity index (χ2n) is 5.30. The molecule has 0 bridgehead atoms. The van der Waals surface area contributed by atoms with Crippen molar-refractivity contribution in [1.29, 1.82) is 0 Å². The standard InChI is InChI=1S/C15H19NO5/c17-13-7-11(14(18)19)6-12(8-13)16-15(20)21-9-10-4-2-1-3-5-10/h1-5,11-13,17H,6-9H2,(H,16,20)(H,18,19). The molecule has 1 aliphatic rings. The first-order valence-corrected chi connectivity index (χ1v) is 6.92. The van der Waals surface area contributed by atoms with E-state index in [-0.39, 0.29) is 19.1 Å². The minimum absolute atomic E-state index is 0.157. The number of aliphatic hydroxyl groups is 1. The fourth-order valence-electron chi connectivity index (χ4n) is 2.54. The van der Waals surface area contributed by atoms with E-state index in [2.05, 4.69) is 5.32 Å². The van der Waals surface area contributed by atoms with E-state index in [9.17, 15) is 14.7 Å². The number of hydrogen-bond acceptors (Lipinski definition) is 4. The van der Waals surface area contributed by atoms with Crippen molar-refractivity contribution in [1.82, 2.24) is 5.32 Å². The Morgan fingerprint density at radius 2 is 1.90 bits per heavy atom. The molecule has 1 aliphatic carbocycles. The highest BCUT2D eigenvalue weighted by Crippen LogP contribution is 2.25. The molecular formula is C15H19NO5. The Balaban J connectivity index is 1.80. The van der Waals surface area contributed by atoms with Crippen molar-refractivity contribution in [2.75, 3.05) is 0 Å². The Bertz CT molecular complexity index is 490. The largest absolute Gasteiger partial charge is 0.481 e. The van der Waals surface area contributed by atoms with Gasteiger partial charge in [0.15, 0.2) is 0 Å².